The maximum absolute atomic E-state index is 13.4. The third-order valence-corrected chi connectivity index (χ3v) is 6.56. The van der Waals surface area contributed by atoms with Gasteiger partial charge in [-0.05, 0) is 71.2 Å². The Balaban J connectivity index is 2.26. The van der Waals surface area contributed by atoms with Gasteiger partial charge in [0.1, 0.15) is 0 Å². The topological polar surface area (TPSA) is 54.5 Å². The number of amides is 1. The number of hydrogen-bond donors (Lipinski definition) is 0. The predicted octanol–water partition coefficient (Wildman–Crippen LogP) is 5.10. The summed E-state index contributed by atoms with van der Waals surface area (Å²) in [6, 6.07) is 20.2. The molecule has 0 radical (unpaired) electrons. The lowest BCUT2D eigenvalue weighted by Crippen LogP contribution is -2.37. The van der Waals surface area contributed by atoms with Gasteiger partial charge in [-0.15, -0.1) is 0 Å². The number of carbonyl (C=O) groups is 1. The minimum atomic E-state index is -4.09. The molecule has 1 amide bonds. The van der Waals surface area contributed by atoms with Crippen molar-refractivity contribution in [3.05, 3.63) is 94.0 Å². The fourth-order valence-corrected chi connectivity index (χ4v) is 4.67. The highest BCUT2D eigenvalue weighted by molar-refractivity contribution is 9.10. The molecule has 0 aliphatic carbocycles. The average Bonchev–Trinajstić information content (AvgIpc) is 2.65. The Hall–Kier alpha value is -2.44. The van der Waals surface area contributed by atoms with Crippen LogP contribution in [0.5, 0.6) is 0 Å². The summed E-state index contributed by atoms with van der Waals surface area (Å²) in [7, 11) is -4.09. The summed E-state index contributed by atoms with van der Waals surface area (Å²) in [4.78, 5) is 13.4. The SMILES string of the molecule is Cc1ccc(C)c(N(C(=O)c2ccccc2Br)S(=O)(=O)c2ccccc2)c1. The molecule has 0 spiro atoms. The number of hydrogen-bond acceptors (Lipinski definition) is 3. The van der Waals surface area contributed by atoms with Crippen molar-refractivity contribution < 1.29 is 13.2 Å². The lowest BCUT2D eigenvalue weighted by Gasteiger charge is -2.25. The van der Waals surface area contributed by atoms with Crippen LogP contribution in [0.3, 0.4) is 0 Å². The normalized spacial score (nSPS) is 11.2. The Morgan fingerprint density at radius 2 is 1.52 bits per heavy atom. The highest BCUT2D eigenvalue weighted by Crippen LogP contribution is 2.31. The molecule has 3 aromatic carbocycles. The second kappa shape index (κ2) is 7.66. The number of sulfonamides is 1. The summed E-state index contributed by atoms with van der Waals surface area (Å²) in [6.07, 6.45) is 0. The molecule has 0 unspecified atom stereocenters. The van der Waals surface area contributed by atoms with Gasteiger partial charge < -0.3 is 0 Å². The zero-order valence-corrected chi connectivity index (χ0v) is 17.3. The molecule has 0 N–H and O–H groups in total. The van der Waals surface area contributed by atoms with Crippen molar-refractivity contribution in [2.75, 3.05) is 4.31 Å². The maximum atomic E-state index is 13.4. The molecular formula is C21H18BrNO3S. The largest absolute Gasteiger partial charge is 0.273 e. The first-order valence-electron chi connectivity index (χ1n) is 8.29. The van der Waals surface area contributed by atoms with Crippen LogP contribution in [0.15, 0.2) is 82.2 Å². The van der Waals surface area contributed by atoms with E-state index in [1.54, 1.807) is 55.5 Å². The van der Waals surface area contributed by atoms with E-state index in [-0.39, 0.29) is 10.5 Å². The fraction of sp³-hybridized carbons (Fsp3) is 0.0952. The van der Waals surface area contributed by atoms with E-state index < -0.39 is 15.9 Å². The molecule has 3 rings (SSSR count). The van der Waals surface area contributed by atoms with Crippen molar-refractivity contribution >= 4 is 37.5 Å². The molecule has 138 valence electrons. The lowest BCUT2D eigenvalue weighted by atomic mass is 10.1. The van der Waals surface area contributed by atoms with Gasteiger partial charge in [-0.25, -0.2) is 8.42 Å². The molecule has 0 saturated carbocycles. The number of carbonyl (C=O) groups excluding carboxylic acids is 1. The maximum Gasteiger partial charge on any atom is 0.273 e. The molecule has 0 atom stereocenters. The molecule has 3 aromatic rings. The molecule has 0 fully saturated rings. The summed E-state index contributed by atoms with van der Waals surface area (Å²) in [5.74, 6) is -0.611. The third-order valence-electron chi connectivity index (χ3n) is 4.15. The Morgan fingerprint density at radius 3 is 2.19 bits per heavy atom. The second-order valence-electron chi connectivity index (χ2n) is 6.16. The summed E-state index contributed by atoms with van der Waals surface area (Å²) < 4.78 is 28.3. The molecule has 6 heteroatoms. The van der Waals surface area contributed by atoms with Gasteiger partial charge >= 0.3 is 0 Å². The van der Waals surface area contributed by atoms with Gasteiger partial charge in [0.25, 0.3) is 15.9 Å². The van der Waals surface area contributed by atoms with Crippen molar-refractivity contribution in [3.8, 4) is 0 Å². The standard InChI is InChI=1S/C21H18BrNO3S/c1-15-12-13-16(2)20(14-15)23(21(24)18-10-6-7-11-19(18)22)27(25,26)17-8-4-3-5-9-17/h3-14H,1-2H3. The zero-order chi connectivity index (χ0) is 19.6. The number of halogens is 1. The Morgan fingerprint density at radius 1 is 0.889 bits per heavy atom. The van der Waals surface area contributed by atoms with E-state index in [0.29, 0.717) is 15.7 Å². The van der Waals surface area contributed by atoms with Gasteiger partial charge in [0, 0.05) is 4.47 Å². The van der Waals surface area contributed by atoms with Crippen LogP contribution in [-0.2, 0) is 10.0 Å². The second-order valence-corrected chi connectivity index (χ2v) is 8.80. The van der Waals surface area contributed by atoms with Gasteiger partial charge in [0.05, 0.1) is 16.1 Å². The molecule has 0 aromatic heterocycles. The van der Waals surface area contributed by atoms with Crippen LogP contribution in [0, 0.1) is 13.8 Å². The van der Waals surface area contributed by atoms with E-state index in [4.69, 9.17) is 0 Å². The highest BCUT2D eigenvalue weighted by Gasteiger charge is 2.33. The van der Waals surface area contributed by atoms with Gasteiger partial charge in [0.2, 0.25) is 0 Å². The molecule has 0 aliphatic heterocycles. The predicted molar refractivity (Wildman–Crippen MR) is 110 cm³/mol. The van der Waals surface area contributed by atoms with Crippen molar-refractivity contribution in [2.24, 2.45) is 0 Å². The third kappa shape index (κ3) is 3.82. The molecule has 0 heterocycles. The highest BCUT2D eigenvalue weighted by atomic mass is 79.9. The molecular weight excluding hydrogens is 426 g/mol. The number of nitrogens with zero attached hydrogens (tertiary/aromatic N) is 1. The first kappa shape index (κ1) is 19.3. The van der Waals surface area contributed by atoms with Gasteiger partial charge in [-0.2, -0.15) is 4.31 Å². The molecule has 27 heavy (non-hydrogen) atoms. The quantitative estimate of drug-likeness (QED) is 0.563. The summed E-state index contributed by atoms with van der Waals surface area (Å²) in [6.45, 7) is 3.65. The van der Waals surface area contributed by atoms with Gasteiger partial charge in [0.15, 0.2) is 0 Å². The summed E-state index contributed by atoms with van der Waals surface area (Å²) in [5, 5.41) is 0. The van der Waals surface area contributed by atoms with Crippen LogP contribution in [0.1, 0.15) is 21.5 Å². The first-order valence-corrected chi connectivity index (χ1v) is 10.5. The smallest absolute Gasteiger partial charge is 0.268 e. The van der Waals surface area contributed by atoms with Crippen LogP contribution in [-0.4, -0.2) is 14.3 Å². The van der Waals surface area contributed by atoms with E-state index >= 15 is 0 Å². The van der Waals surface area contributed by atoms with E-state index in [1.165, 1.54) is 12.1 Å². The lowest BCUT2D eigenvalue weighted by molar-refractivity contribution is 0.100. The minimum Gasteiger partial charge on any atom is -0.268 e. The van der Waals surface area contributed by atoms with Crippen LogP contribution in [0.2, 0.25) is 0 Å². The first-order chi connectivity index (χ1) is 12.8. The molecule has 0 aliphatic rings. The molecule has 4 nitrogen and oxygen atoms in total. The van der Waals surface area contributed by atoms with Gasteiger partial charge in [-0.1, -0.05) is 42.5 Å². The van der Waals surface area contributed by atoms with Crippen LogP contribution in [0.4, 0.5) is 5.69 Å². The monoisotopic (exact) mass is 443 g/mol. The summed E-state index contributed by atoms with van der Waals surface area (Å²) in [5.41, 5.74) is 2.18. The Kier molecular flexibility index (Phi) is 5.48. The van der Waals surface area contributed by atoms with Crippen LogP contribution in [0.25, 0.3) is 0 Å². The average molecular weight is 444 g/mol. The minimum absolute atomic E-state index is 0.0614. The fourth-order valence-electron chi connectivity index (χ4n) is 2.73. The zero-order valence-electron chi connectivity index (χ0n) is 14.9. The van der Waals surface area contributed by atoms with Gasteiger partial charge in [-0.3, -0.25) is 4.79 Å². The van der Waals surface area contributed by atoms with E-state index in [0.717, 1.165) is 9.87 Å². The Bertz CT molecular complexity index is 1100. The number of anilines is 1. The van der Waals surface area contributed by atoms with Crippen LogP contribution < -0.4 is 4.31 Å². The van der Waals surface area contributed by atoms with E-state index in [9.17, 15) is 13.2 Å². The molecule has 0 bridgehead atoms. The summed E-state index contributed by atoms with van der Waals surface area (Å²) >= 11 is 3.35. The molecule has 0 saturated heterocycles. The van der Waals surface area contributed by atoms with Crippen molar-refractivity contribution in [3.63, 3.8) is 0 Å². The van der Waals surface area contributed by atoms with Crippen molar-refractivity contribution in [1.82, 2.24) is 0 Å². The van der Waals surface area contributed by atoms with Crippen molar-refractivity contribution in [1.29, 1.82) is 0 Å². The van der Waals surface area contributed by atoms with E-state index in [1.807, 2.05) is 19.1 Å². The van der Waals surface area contributed by atoms with Crippen LogP contribution >= 0.6 is 15.9 Å². The van der Waals surface area contributed by atoms with Crippen molar-refractivity contribution in [2.45, 2.75) is 18.7 Å². The number of benzene rings is 3. The Labute approximate surface area is 167 Å². The number of rotatable bonds is 4. The van der Waals surface area contributed by atoms with E-state index in [2.05, 4.69) is 15.9 Å². The number of aryl methyl sites for hydroxylation is 2.